The largest absolute Gasteiger partial charge is 0.493 e. The van der Waals surface area contributed by atoms with Crippen LogP contribution in [-0.2, 0) is 17.9 Å². The second-order valence-corrected chi connectivity index (χ2v) is 7.35. The molecule has 0 radical (unpaired) electrons. The fourth-order valence-electron chi connectivity index (χ4n) is 3.87. The summed E-state index contributed by atoms with van der Waals surface area (Å²) in [7, 11) is 4.87. The topological polar surface area (TPSA) is 56.2 Å². The highest BCUT2D eigenvalue weighted by Gasteiger charge is 2.24. The van der Waals surface area contributed by atoms with Crippen LogP contribution in [0.15, 0.2) is 24.3 Å². The lowest BCUT2D eigenvalue weighted by Crippen LogP contribution is -2.49. The first kappa shape index (κ1) is 21.0. The minimum atomic E-state index is 0.177. The normalized spacial score (nSPS) is 14.7. The van der Waals surface area contributed by atoms with Gasteiger partial charge in [-0.1, -0.05) is 6.07 Å². The van der Waals surface area contributed by atoms with Gasteiger partial charge < -0.3 is 23.7 Å². The fourth-order valence-corrected chi connectivity index (χ4v) is 3.87. The molecule has 0 aliphatic carbocycles. The van der Waals surface area contributed by atoms with Gasteiger partial charge in [0.15, 0.2) is 11.5 Å². The van der Waals surface area contributed by atoms with Crippen LogP contribution >= 0.6 is 0 Å². The molecule has 1 amide bonds. The van der Waals surface area contributed by atoms with Crippen LogP contribution in [0.5, 0.6) is 17.2 Å². The number of amides is 1. The second-order valence-electron chi connectivity index (χ2n) is 7.35. The summed E-state index contributed by atoms with van der Waals surface area (Å²) >= 11 is 0. The summed E-state index contributed by atoms with van der Waals surface area (Å²) in [5, 5.41) is 0. The first-order valence-electron chi connectivity index (χ1n) is 9.89. The number of methoxy groups -OCH3 is 3. The van der Waals surface area contributed by atoms with Gasteiger partial charge in [-0.2, -0.15) is 0 Å². The molecule has 1 fully saturated rings. The van der Waals surface area contributed by atoms with Gasteiger partial charge in [0.05, 0.1) is 21.3 Å². The van der Waals surface area contributed by atoms with Crippen LogP contribution < -0.4 is 14.2 Å². The first-order valence-corrected chi connectivity index (χ1v) is 9.89. The SMILES string of the molecule is COc1ccc(CN2CCN(C(=O)Cn3c(C)ccc3C)CC2)c(OC)c1OC. The second kappa shape index (κ2) is 9.22. The Balaban J connectivity index is 1.61. The van der Waals surface area contributed by atoms with Crippen LogP contribution in [-0.4, -0.2) is 67.8 Å². The fraction of sp³-hybridized carbons (Fsp3) is 0.500. The molecule has 7 heteroatoms. The van der Waals surface area contributed by atoms with Crippen molar-refractivity contribution in [2.24, 2.45) is 0 Å². The minimum absolute atomic E-state index is 0.177. The van der Waals surface area contributed by atoms with Gasteiger partial charge in [0.25, 0.3) is 0 Å². The summed E-state index contributed by atoms with van der Waals surface area (Å²) < 4.78 is 18.5. The molecule has 0 bridgehead atoms. The minimum Gasteiger partial charge on any atom is -0.493 e. The van der Waals surface area contributed by atoms with E-state index in [1.807, 2.05) is 30.9 Å². The third-order valence-corrected chi connectivity index (χ3v) is 5.62. The zero-order valence-corrected chi connectivity index (χ0v) is 18.0. The third kappa shape index (κ3) is 4.50. The van der Waals surface area contributed by atoms with Gasteiger partial charge in [-0.3, -0.25) is 9.69 Å². The van der Waals surface area contributed by atoms with Crippen LogP contribution in [0.2, 0.25) is 0 Å². The summed E-state index contributed by atoms with van der Waals surface area (Å²) in [6, 6.07) is 8.02. The molecule has 2 aromatic rings. The van der Waals surface area contributed by atoms with E-state index in [2.05, 4.69) is 21.6 Å². The highest BCUT2D eigenvalue weighted by molar-refractivity contribution is 5.76. The Kier molecular flexibility index (Phi) is 6.69. The number of aryl methyl sites for hydroxylation is 2. The van der Waals surface area contributed by atoms with E-state index in [-0.39, 0.29) is 5.91 Å². The molecule has 1 aliphatic rings. The Hall–Kier alpha value is -2.67. The number of ether oxygens (including phenoxy) is 3. The van der Waals surface area contributed by atoms with E-state index in [1.54, 1.807) is 21.3 Å². The van der Waals surface area contributed by atoms with Crippen molar-refractivity contribution in [3.05, 3.63) is 41.2 Å². The van der Waals surface area contributed by atoms with Crippen molar-refractivity contribution in [3.8, 4) is 17.2 Å². The molecule has 0 unspecified atom stereocenters. The van der Waals surface area contributed by atoms with Crippen molar-refractivity contribution in [1.29, 1.82) is 0 Å². The summed E-state index contributed by atoms with van der Waals surface area (Å²) in [6.07, 6.45) is 0. The van der Waals surface area contributed by atoms with E-state index < -0.39 is 0 Å². The van der Waals surface area contributed by atoms with Crippen molar-refractivity contribution in [2.45, 2.75) is 26.9 Å². The number of aromatic nitrogens is 1. The van der Waals surface area contributed by atoms with Crippen LogP contribution in [0.4, 0.5) is 0 Å². The molecule has 0 saturated carbocycles. The maximum Gasteiger partial charge on any atom is 0.242 e. The maximum atomic E-state index is 12.7. The average molecular weight is 402 g/mol. The van der Waals surface area contributed by atoms with E-state index in [9.17, 15) is 4.79 Å². The molecular weight excluding hydrogens is 370 g/mol. The van der Waals surface area contributed by atoms with Crippen LogP contribution in [0.25, 0.3) is 0 Å². The Bertz CT molecular complexity index is 834. The lowest BCUT2D eigenvalue weighted by atomic mass is 10.1. The molecule has 3 rings (SSSR count). The summed E-state index contributed by atoms with van der Waals surface area (Å²) in [4.78, 5) is 17.0. The molecule has 0 atom stereocenters. The Morgan fingerprint density at radius 2 is 1.48 bits per heavy atom. The van der Waals surface area contributed by atoms with Crippen LogP contribution in [0.1, 0.15) is 17.0 Å². The van der Waals surface area contributed by atoms with Gasteiger partial charge in [0.2, 0.25) is 11.7 Å². The predicted octanol–water partition coefficient (Wildman–Crippen LogP) is 2.48. The molecule has 2 heterocycles. The van der Waals surface area contributed by atoms with Crippen LogP contribution in [0, 0.1) is 13.8 Å². The lowest BCUT2D eigenvalue weighted by Gasteiger charge is -2.35. The van der Waals surface area contributed by atoms with Crippen molar-refractivity contribution >= 4 is 5.91 Å². The Morgan fingerprint density at radius 1 is 0.862 bits per heavy atom. The highest BCUT2D eigenvalue weighted by Crippen LogP contribution is 2.40. The number of hydrogen-bond acceptors (Lipinski definition) is 5. The summed E-state index contributed by atoms with van der Waals surface area (Å²) in [6.45, 7) is 8.33. The van der Waals surface area contributed by atoms with Gasteiger partial charge in [0, 0.05) is 49.7 Å². The van der Waals surface area contributed by atoms with Gasteiger partial charge >= 0.3 is 0 Å². The molecule has 0 spiro atoms. The standard InChI is InChI=1S/C22H31N3O4/c1-16-6-7-17(2)25(16)15-20(26)24-12-10-23(11-13-24)14-18-8-9-19(27-3)22(29-5)21(18)28-4/h6-9H,10-15H2,1-5H3. The lowest BCUT2D eigenvalue weighted by molar-refractivity contribution is -0.133. The molecule has 1 aliphatic heterocycles. The van der Waals surface area contributed by atoms with E-state index in [1.165, 1.54) is 0 Å². The van der Waals surface area contributed by atoms with Gasteiger partial charge in [-0.15, -0.1) is 0 Å². The van der Waals surface area contributed by atoms with Gasteiger partial charge in [0.1, 0.15) is 6.54 Å². The molecule has 1 saturated heterocycles. The first-order chi connectivity index (χ1) is 14.0. The van der Waals surface area contributed by atoms with Gasteiger partial charge in [-0.05, 0) is 32.0 Å². The van der Waals surface area contributed by atoms with Crippen molar-refractivity contribution in [3.63, 3.8) is 0 Å². The van der Waals surface area contributed by atoms with Gasteiger partial charge in [-0.25, -0.2) is 0 Å². The van der Waals surface area contributed by atoms with E-state index in [0.717, 1.165) is 49.7 Å². The number of rotatable bonds is 7. The smallest absolute Gasteiger partial charge is 0.242 e. The van der Waals surface area contributed by atoms with Crippen LogP contribution in [0.3, 0.4) is 0 Å². The maximum absolute atomic E-state index is 12.7. The van der Waals surface area contributed by atoms with E-state index in [4.69, 9.17) is 14.2 Å². The molecule has 29 heavy (non-hydrogen) atoms. The molecule has 1 aromatic heterocycles. The average Bonchev–Trinajstić information content (AvgIpc) is 3.05. The quantitative estimate of drug-likeness (QED) is 0.713. The summed E-state index contributed by atoms with van der Waals surface area (Å²) in [5.41, 5.74) is 3.29. The molecule has 0 N–H and O–H groups in total. The molecular formula is C22H31N3O4. The number of carbonyl (C=O) groups excluding carboxylic acids is 1. The van der Waals surface area contributed by atoms with Crippen molar-refractivity contribution in [2.75, 3.05) is 47.5 Å². The number of benzene rings is 1. The van der Waals surface area contributed by atoms with E-state index >= 15 is 0 Å². The monoisotopic (exact) mass is 401 g/mol. The summed E-state index contributed by atoms with van der Waals surface area (Å²) in [5.74, 6) is 2.14. The molecule has 158 valence electrons. The number of piperazine rings is 1. The number of nitrogens with zero attached hydrogens (tertiary/aromatic N) is 3. The third-order valence-electron chi connectivity index (χ3n) is 5.62. The van der Waals surface area contributed by atoms with E-state index in [0.29, 0.717) is 23.8 Å². The Labute approximate surface area is 172 Å². The highest BCUT2D eigenvalue weighted by atomic mass is 16.5. The number of carbonyl (C=O) groups is 1. The molecule has 7 nitrogen and oxygen atoms in total. The zero-order chi connectivity index (χ0) is 21.0. The predicted molar refractivity (Wildman–Crippen MR) is 112 cm³/mol. The van der Waals surface area contributed by atoms with Crippen molar-refractivity contribution < 1.29 is 19.0 Å². The Morgan fingerprint density at radius 3 is 2.03 bits per heavy atom. The molecule has 1 aromatic carbocycles. The zero-order valence-electron chi connectivity index (χ0n) is 18.0. The van der Waals surface area contributed by atoms with Crippen molar-refractivity contribution in [1.82, 2.24) is 14.4 Å². The number of hydrogen-bond donors (Lipinski definition) is 0.